The fraction of sp³-hybridized carbons (Fsp3) is 0.333. The van der Waals surface area contributed by atoms with Gasteiger partial charge in [-0.15, -0.1) is 12.4 Å². The molecule has 0 atom stereocenters. The molecular weight excluding hydrogens is 484 g/mol. The molecule has 3 rings (SSSR count). The largest absolute Gasteiger partial charge is 0.492 e. The van der Waals surface area contributed by atoms with Crippen molar-refractivity contribution in [2.75, 3.05) is 36.9 Å². The Morgan fingerprint density at radius 2 is 1.87 bits per heavy atom. The highest BCUT2D eigenvalue weighted by Crippen LogP contribution is 2.25. The van der Waals surface area contributed by atoms with Gasteiger partial charge in [0, 0.05) is 30.7 Å². The normalized spacial score (nSPS) is 10.6. The zero-order chi connectivity index (χ0) is 21.5. The van der Waals surface area contributed by atoms with Gasteiger partial charge in [-0.3, -0.25) is 4.79 Å². The molecule has 0 bridgehead atoms. The van der Waals surface area contributed by atoms with E-state index in [0.29, 0.717) is 28.5 Å². The summed E-state index contributed by atoms with van der Waals surface area (Å²) in [7, 11) is 0. The number of halogens is 2. The van der Waals surface area contributed by atoms with Crippen molar-refractivity contribution in [3.05, 3.63) is 41.0 Å². The SMILES string of the molecule is CCN(CC)CCOc1ccc(Nc2ncc3cc(Br)c(NC(C)=O)nc3n2)cc1.Cl. The Kier molecular flexibility index (Phi) is 9.42. The van der Waals surface area contributed by atoms with E-state index in [1.54, 1.807) is 6.20 Å². The lowest BCUT2D eigenvalue weighted by Gasteiger charge is -2.18. The fourth-order valence-electron chi connectivity index (χ4n) is 2.85. The van der Waals surface area contributed by atoms with Crippen LogP contribution in [0.25, 0.3) is 11.0 Å². The van der Waals surface area contributed by atoms with Gasteiger partial charge >= 0.3 is 0 Å². The first-order chi connectivity index (χ1) is 14.5. The molecule has 1 amide bonds. The van der Waals surface area contributed by atoms with E-state index in [2.05, 4.69) is 60.3 Å². The summed E-state index contributed by atoms with van der Waals surface area (Å²) in [5.74, 6) is 1.46. The highest BCUT2D eigenvalue weighted by molar-refractivity contribution is 9.10. The Morgan fingerprint density at radius 3 is 2.52 bits per heavy atom. The van der Waals surface area contributed by atoms with Crippen LogP contribution in [0.2, 0.25) is 0 Å². The monoisotopic (exact) mass is 508 g/mol. The molecule has 0 aliphatic rings. The van der Waals surface area contributed by atoms with E-state index in [4.69, 9.17) is 4.74 Å². The maximum absolute atomic E-state index is 11.3. The van der Waals surface area contributed by atoms with Crippen LogP contribution in [0.5, 0.6) is 5.75 Å². The molecule has 0 saturated heterocycles. The lowest BCUT2D eigenvalue weighted by Crippen LogP contribution is -2.27. The van der Waals surface area contributed by atoms with Gasteiger partial charge in [0.1, 0.15) is 18.2 Å². The number of nitrogens with zero attached hydrogens (tertiary/aromatic N) is 4. The third-order valence-electron chi connectivity index (χ3n) is 4.50. The molecule has 1 aromatic carbocycles. The van der Waals surface area contributed by atoms with Crippen LogP contribution < -0.4 is 15.4 Å². The van der Waals surface area contributed by atoms with Crippen LogP contribution in [-0.4, -0.2) is 52.0 Å². The fourth-order valence-corrected chi connectivity index (χ4v) is 3.28. The molecule has 0 radical (unpaired) electrons. The number of rotatable bonds is 9. The van der Waals surface area contributed by atoms with Crippen LogP contribution in [-0.2, 0) is 4.79 Å². The number of hydrogen-bond donors (Lipinski definition) is 2. The number of pyridine rings is 1. The van der Waals surface area contributed by atoms with E-state index in [1.807, 2.05) is 30.3 Å². The number of benzene rings is 1. The molecule has 0 saturated carbocycles. The summed E-state index contributed by atoms with van der Waals surface area (Å²) in [6, 6.07) is 9.48. The Morgan fingerprint density at radius 1 is 1.16 bits per heavy atom. The quantitative estimate of drug-likeness (QED) is 0.434. The molecule has 3 aromatic rings. The van der Waals surface area contributed by atoms with Crippen LogP contribution >= 0.6 is 28.3 Å². The van der Waals surface area contributed by atoms with Crippen molar-refractivity contribution in [1.82, 2.24) is 19.9 Å². The van der Waals surface area contributed by atoms with E-state index in [9.17, 15) is 4.79 Å². The van der Waals surface area contributed by atoms with Gasteiger partial charge in [0.15, 0.2) is 5.65 Å². The number of hydrogen-bond acceptors (Lipinski definition) is 7. The average Bonchev–Trinajstić information content (AvgIpc) is 2.73. The highest BCUT2D eigenvalue weighted by Gasteiger charge is 2.09. The van der Waals surface area contributed by atoms with E-state index in [0.717, 1.165) is 36.5 Å². The molecule has 2 heterocycles. The average molecular weight is 510 g/mol. The van der Waals surface area contributed by atoms with E-state index in [-0.39, 0.29) is 18.3 Å². The number of fused-ring (bicyclic) bond motifs is 1. The molecule has 0 aliphatic carbocycles. The molecule has 0 unspecified atom stereocenters. The molecule has 166 valence electrons. The van der Waals surface area contributed by atoms with Crippen molar-refractivity contribution in [2.24, 2.45) is 0 Å². The second-order valence-electron chi connectivity index (χ2n) is 6.63. The molecule has 0 aliphatic heterocycles. The summed E-state index contributed by atoms with van der Waals surface area (Å²) in [5.41, 5.74) is 1.32. The van der Waals surface area contributed by atoms with Gasteiger partial charge in [0.25, 0.3) is 0 Å². The van der Waals surface area contributed by atoms with E-state index < -0.39 is 0 Å². The van der Waals surface area contributed by atoms with Gasteiger partial charge in [-0.05, 0) is 59.4 Å². The first-order valence-electron chi connectivity index (χ1n) is 9.81. The third kappa shape index (κ3) is 7.02. The number of nitrogens with one attached hydrogen (secondary N) is 2. The van der Waals surface area contributed by atoms with Crippen molar-refractivity contribution >= 4 is 62.7 Å². The summed E-state index contributed by atoms with van der Waals surface area (Å²) in [5, 5.41) is 6.61. The van der Waals surface area contributed by atoms with Crippen LogP contribution in [0.1, 0.15) is 20.8 Å². The standard InChI is InChI=1S/C21H25BrN6O2.ClH/c1-4-28(5-2)10-11-30-17-8-6-16(7-9-17)25-21-23-13-15-12-18(22)20(24-14(3)29)26-19(15)27-21;/h6-9,12-13H,4-5,10-11H2,1-3H3,(H2,23,24,25,26,27,29);1H. The first kappa shape index (κ1) is 24.8. The number of likely N-dealkylation sites (N-methyl/N-ethyl adjacent to an activating group) is 1. The lowest BCUT2D eigenvalue weighted by atomic mass is 10.3. The van der Waals surface area contributed by atoms with Crippen molar-refractivity contribution in [2.45, 2.75) is 20.8 Å². The third-order valence-corrected chi connectivity index (χ3v) is 5.10. The number of amides is 1. The summed E-state index contributed by atoms with van der Waals surface area (Å²) in [6.07, 6.45) is 1.69. The van der Waals surface area contributed by atoms with Gasteiger partial charge in [-0.1, -0.05) is 13.8 Å². The molecular formula is C21H26BrClN6O2. The smallest absolute Gasteiger partial charge is 0.229 e. The number of carbonyl (C=O) groups excluding carboxylic acids is 1. The number of anilines is 3. The zero-order valence-electron chi connectivity index (χ0n) is 17.7. The Hall–Kier alpha value is -2.49. The topological polar surface area (TPSA) is 92.3 Å². The minimum absolute atomic E-state index is 0. The molecule has 2 N–H and O–H groups in total. The Labute approximate surface area is 196 Å². The number of aromatic nitrogens is 3. The summed E-state index contributed by atoms with van der Waals surface area (Å²) < 4.78 is 6.48. The summed E-state index contributed by atoms with van der Waals surface area (Å²) in [4.78, 5) is 26.8. The molecule has 0 fully saturated rings. The maximum atomic E-state index is 11.3. The van der Waals surface area contributed by atoms with Crippen molar-refractivity contribution < 1.29 is 9.53 Å². The minimum Gasteiger partial charge on any atom is -0.492 e. The Balaban J connectivity index is 0.00000341. The second kappa shape index (κ2) is 11.8. The Bertz CT molecular complexity index is 1010. The summed E-state index contributed by atoms with van der Waals surface area (Å²) in [6.45, 7) is 9.32. The molecule has 31 heavy (non-hydrogen) atoms. The number of carbonyl (C=O) groups is 1. The van der Waals surface area contributed by atoms with Gasteiger partial charge in [0.2, 0.25) is 11.9 Å². The van der Waals surface area contributed by atoms with Crippen LogP contribution in [0.15, 0.2) is 41.0 Å². The minimum atomic E-state index is -0.200. The second-order valence-corrected chi connectivity index (χ2v) is 7.49. The van der Waals surface area contributed by atoms with Gasteiger partial charge in [-0.2, -0.15) is 4.98 Å². The number of ether oxygens (including phenoxy) is 1. The van der Waals surface area contributed by atoms with Crippen molar-refractivity contribution in [3.63, 3.8) is 0 Å². The van der Waals surface area contributed by atoms with E-state index >= 15 is 0 Å². The first-order valence-corrected chi connectivity index (χ1v) is 10.6. The predicted molar refractivity (Wildman–Crippen MR) is 130 cm³/mol. The molecule has 8 nitrogen and oxygen atoms in total. The summed E-state index contributed by atoms with van der Waals surface area (Å²) >= 11 is 3.40. The van der Waals surface area contributed by atoms with Crippen molar-refractivity contribution in [3.8, 4) is 5.75 Å². The predicted octanol–water partition coefficient (Wildman–Crippen LogP) is 4.63. The molecule has 2 aromatic heterocycles. The van der Waals surface area contributed by atoms with Gasteiger partial charge in [0.05, 0.1) is 4.47 Å². The van der Waals surface area contributed by atoms with Gasteiger partial charge < -0.3 is 20.3 Å². The van der Waals surface area contributed by atoms with Crippen LogP contribution in [0, 0.1) is 0 Å². The molecule has 0 spiro atoms. The lowest BCUT2D eigenvalue weighted by molar-refractivity contribution is -0.114. The van der Waals surface area contributed by atoms with Crippen LogP contribution in [0.3, 0.4) is 0 Å². The van der Waals surface area contributed by atoms with Gasteiger partial charge in [-0.25, -0.2) is 9.97 Å². The van der Waals surface area contributed by atoms with E-state index in [1.165, 1.54) is 6.92 Å². The zero-order valence-corrected chi connectivity index (χ0v) is 20.1. The highest BCUT2D eigenvalue weighted by atomic mass is 79.9. The maximum Gasteiger partial charge on any atom is 0.229 e. The van der Waals surface area contributed by atoms with Crippen molar-refractivity contribution in [1.29, 1.82) is 0 Å². The molecule has 10 heteroatoms. The van der Waals surface area contributed by atoms with Crippen LogP contribution in [0.4, 0.5) is 17.5 Å².